The van der Waals surface area contributed by atoms with Gasteiger partial charge >= 0.3 is 0 Å². The molecule has 4 nitrogen and oxygen atoms in total. The van der Waals surface area contributed by atoms with Crippen LogP contribution in [0.3, 0.4) is 0 Å². The van der Waals surface area contributed by atoms with Gasteiger partial charge in [-0.3, -0.25) is 0 Å². The highest BCUT2D eigenvalue weighted by Crippen LogP contribution is 2.12. The van der Waals surface area contributed by atoms with Crippen LogP contribution in [-0.2, 0) is 10.0 Å². The van der Waals surface area contributed by atoms with Crippen LogP contribution in [0.1, 0.15) is 12.5 Å². The minimum atomic E-state index is -3.32. The molecule has 1 N–H and O–H groups in total. The van der Waals surface area contributed by atoms with Crippen LogP contribution < -0.4 is 5.32 Å². The number of sulfonamides is 1. The van der Waals surface area contributed by atoms with E-state index in [2.05, 4.69) is 5.32 Å². The molecule has 0 spiro atoms. The molecule has 98 valence electrons. The zero-order valence-electron chi connectivity index (χ0n) is 10.4. The van der Waals surface area contributed by atoms with Gasteiger partial charge < -0.3 is 5.32 Å². The molecule has 1 atom stereocenters. The van der Waals surface area contributed by atoms with E-state index in [9.17, 15) is 8.42 Å². The lowest BCUT2D eigenvalue weighted by Gasteiger charge is -2.31. The van der Waals surface area contributed by atoms with E-state index in [4.69, 9.17) is 0 Å². The molecule has 0 amide bonds. The van der Waals surface area contributed by atoms with Crippen molar-refractivity contribution < 1.29 is 8.42 Å². The highest BCUT2D eigenvalue weighted by Gasteiger charge is 2.27. The number of hydrogen-bond acceptors (Lipinski definition) is 3. The van der Waals surface area contributed by atoms with Crippen LogP contribution in [0.15, 0.2) is 35.7 Å². The van der Waals surface area contributed by atoms with Crippen LogP contribution in [0, 0.1) is 0 Å². The zero-order valence-corrected chi connectivity index (χ0v) is 11.2. The largest absolute Gasteiger partial charge is 0.314 e. The Bertz CT molecular complexity index is 511. The minimum Gasteiger partial charge on any atom is -0.314 e. The summed E-state index contributed by atoms with van der Waals surface area (Å²) in [5.41, 5.74) is 0.892. The summed E-state index contributed by atoms with van der Waals surface area (Å²) < 4.78 is 25.9. The second kappa shape index (κ2) is 5.65. The van der Waals surface area contributed by atoms with Crippen molar-refractivity contribution >= 4 is 16.1 Å². The average molecular weight is 266 g/mol. The maximum Gasteiger partial charge on any atom is 0.236 e. The van der Waals surface area contributed by atoms with Crippen molar-refractivity contribution in [2.45, 2.75) is 13.0 Å². The first-order valence-electron chi connectivity index (χ1n) is 6.05. The third-order valence-electron chi connectivity index (χ3n) is 3.00. The number of piperazine rings is 1. The quantitative estimate of drug-likeness (QED) is 0.896. The Hall–Kier alpha value is -1.17. The first-order chi connectivity index (χ1) is 8.59. The molecule has 0 unspecified atom stereocenters. The van der Waals surface area contributed by atoms with Gasteiger partial charge in [-0.2, -0.15) is 4.31 Å². The van der Waals surface area contributed by atoms with Crippen molar-refractivity contribution in [2.24, 2.45) is 0 Å². The molecule has 0 radical (unpaired) electrons. The summed E-state index contributed by atoms with van der Waals surface area (Å²) in [5, 5.41) is 4.48. The SMILES string of the molecule is C[C@@H]1CNCCN1S(=O)(=O)/C=C/c1ccccc1. The maximum atomic E-state index is 12.2. The highest BCUT2D eigenvalue weighted by atomic mass is 32.2. The van der Waals surface area contributed by atoms with Gasteiger partial charge in [0.05, 0.1) is 0 Å². The highest BCUT2D eigenvalue weighted by molar-refractivity contribution is 7.92. The fourth-order valence-corrected chi connectivity index (χ4v) is 3.41. The van der Waals surface area contributed by atoms with E-state index in [1.165, 1.54) is 5.41 Å². The second-order valence-corrected chi connectivity index (χ2v) is 6.19. The summed E-state index contributed by atoms with van der Waals surface area (Å²) in [6.45, 7) is 3.86. The standard InChI is InChI=1S/C13H18N2O2S/c1-12-11-14-8-9-15(12)18(16,17)10-7-13-5-3-2-4-6-13/h2-7,10,12,14H,8-9,11H2,1H3/b10-7+/t12-/m1/s1. The Kier molecular flexibility index (Phi) is 4.16. The molecule has 5 heteroatoms. The first kappa shape index (κ1) is 13.3. The van der Waals surface area contributed by atoms with Crippen LogP contribution in [0.4, 0.5) is 0 Å². The third-order valence-corrected chi connectivity index (χ3v) is 4.68. The van der Waals surface area contributed by atoms with Gasteiger partial charge in [-0.1, -0.05) is 30.3 Å². The summed E-state index contributed by atoms with van der Waals surface area (Å²) in [6, 6.07) is 9.45. The number of hydrogen-bond donors (Lipinski definition) is 1. The molecule has 18 heavy (non-hydrogen) atoms. The van der Waals surface area contributed by atoms with E-state index >= 15 is 0 Å². The molecule has 0 aliphatic carbocycles. The predicted molar refractivity (Wildman–Crippen MR) is 73.4 cm³/mol. The Morgan fingerprint density at radius 2 is 2.06 bits per heavy atom. The van der Waals surface area contributed by atoms with E-state index in [1.807, 2.05) is 37.3 Å². The molecule has 1 aliphatic rings. The first-order valence-corrected chi connectivity index (χ1v) is 7.55. The Balaban J connectivity index is 2.14. The van der Waals surface area contributed by atoms with Crippen LogP contribution in [0.2, 0.25) is 0 Å². The summed E-state index contributed by atoms with van der Waals surface area (Å²) in [5.74, 6) is 0. The summed E-state index contributed by atoms with van der Waals surface area (Å²) in [6.07, 6.45) is 1.64. The molecule has 2 rings (SSSR count). The van der Waals surface area contributed by atoms with Crippen LogP contribution >= 0.6 is 0 Å². The van der Waals surface area contributed by atoms with Crippen LogP contribution in [-0.4, -0.2) is 38.4 Å². The van der Waals surface area contributed by atoms with Gasteiger partial charge in [0.1, 0.15) is 0 Å². The molecule has 1 aromatic rings. The van der Waals surface area contributed by atoms with Gasteiger partial charge in [0.15, 0.2) is 0 Å². The average Bonchev–Trinajstić information content (AvgIpc) is 2.38. The van der Waals surface area contributed by atoms with Crippen molar-refractivity contribution in [2.75, 3.05) is 19.6 Å². The van der Waals surface area contributed by atoms with Gasteiger partial charge in [-0.15, -0.1) is 0 Å². The lowest BCUT2D eigenvalue weighted by molar-refractivity contribution is 0.287. The summed E-state index contributed by atoms with van der Waals surface area (Å²) >= 11 is 0. The molecule has 1 fully saturated rings. The molecule has 1 heterocycles. The van der Waals surface area contributed by atoms with Crippen LogP contribution in [0.5, 0.6) is 0 Å². The Morgan fingerprint density at radius 1 is 1.33 bits per heavy atom. The van der Waals surface area contributed by atoms with E-state index in [0.717, 1.165) is 5.56 Å². The second-order valence-electron chi connectivity index (χ2n) is 4.42. The number of rotatable bonds is 3. The van der Waals surface area contributed by atoms with Crippen molar-refractivity contribution in [3.63, 3.8) is 0 Å². The third kappa shape index (κ3) is 3.19. The monoisotopic (exact) mass is 266 g/mol. The number of nitrogens with zero attached hydrogens (tertiary/aromatic N) is 1. The van der Waals surface area contributed by atoms with Gasteiger partial charge in [-0.25, -0.2) is 8.42 Å². The van der Waals surface area contributed by atoms with E-state index in [0.29, 0.717) is 19.6 Å². The molecule has 0 saturated carbocycles. The molecule has 0 bridgehead atoms. The maximum absolute atomic E-state index is 12.2. The predicted octanol–water partition coefficient (Wildman–Crippen LogP) is 1.28. The van der Waals surface area contributed by atoms with E-state index in [1.54, 1.807) is 10.4 Å². The lowest BCUT2D eigenvalue weighted by Crippen LogP contribution is -2.51. The smallest absolute Gasteiger partial charge is 0.236 e. The van der Waals surface area contributed by atoms with Gasteiger partial charge in [0.2, 0.25) is 10.0 Å². The molecule has 0 aromatic heterocycles. The Labute approximate surface area is 108 Å². The van der Waals surface area contributed by atoms with Crippen molar-refractivity contribution in [1.29, 1.82) is 0 Å². The Morgan fingerprint density at radius 3 is 2.72 bits per heavy atom. The number of benzene rings is 1. The normalized spacial score (nSPS) is 22.4. The zero-order chi connectivity index (χ0) is 13.0. The summed E-state index contributed by atoms with van der Waals surface area (Å²) in [7, 11) is -3.32. The fourth-order valence-electron chi connectivity index (χ4n) is 2.01. The van der Waals surface area contributed by atoms with Gasteiger partial charge in [0, 0.05) is 31.1 Å². The van der Waals surface area contributed by atoms with Gasteiger partial charge in [-0.05, 0) is 18.6 Å². The molecular weight excluding hydrogens is 248 g/mol. The molecule has 1 saturated heterocycles. The van der Waals surface area contributed by atoms with Crippen molar-refractivity contribution in [3.05, 3.63) is 41.3 Å². The van der Waals surface area contributed by atoms with Crippen LogP contribution in [0.25, 0.3) is 6.08 Å². The van der Waals surface area contributed by atoms with Crippen molar-refractivity contribution in [1.82, 2.24) is 9.62 Å². The lowest BCUT2D eigenvalue weighted by atomic mass is 10.2. The van der Waals surface area contributed by atoms with Crippen molar-refractivity contribution in [3.8, 4) is 0 Å². The summed E-state index contributed by atoms with van der Waals surface area (Å²) in [4.78, 5) is 0. The van der Waals surface area contributed by atoms with Gasteiger partial charge in [0.25, 0.3) is 0 Å². The number of nitrogens with one attached hydrogen (secondary N) is 1. The molecular formula is C13H18N2O2S. The van der Waals surface area contributed by atoms with E-state index < -0.39 is 10.0 Å². The van der Waals surface area contributed by atoms with E-state index in [-0.39, 0.29) is 6.04 Å². The fraction of sp³-hybridized carbons (Fsp3) is 0.385. The molecule has 1 aliphatic heterocycles. The topological polar surface area (TPSA) is 49.4 Å². The minimum absolute atomic E-state index is 0.00386. The molecule has 1 aromatic carbocycles.